The van der Waals surface area contributed by atoms with Crippen LogP contribution in [0.4, 0.5) is 8.78 Å². The summed E-state index contributed by atoms with van der Waals surface area (Å²) in [4.78, 5) is 0. The van der Waals surface area contributed by atoms with Gasteiger partial charge in [0.15, 0.2) is 0 Å². The van der Waals surface area contributed by atoms with Gasteiger partial charge < -0.3 is 0 Å². The van der Waals surface area contributed by atoms with Gasteiger partial charge in [-0.2, -0.15) is 0 Å². The molecule has 0 aliphatic heterocycles. The van der Waals surface area contributed by atoms with Crippen LogP contribution in [-0.2, 0) is 0 Å². The Labute approximate surface area is 36.2 Å². The fourth-order valence-corrected chi connectivity index (χ4v) is 0. The quantitative estimate of drug-likeness (QED) is 0.464. The molecule has 0 radical (unpaired) electrons. The molecule has 0 aliphatic rings. The number of hydrogen-bond acceptors (Lipinski definition) is 0. The first-order valence-corrected chi connectivity index (χ1v) is 1.92. The molecule has 0 nitrogen and oxygen atoms in total. The van der Waals surface area contributed by atoms with Crippen LogP contribution in [0.5, 0.6) is 0 Å². The third-order valence-corrected chi connectivity index (χ3v) is 0.633. The second-order valence-electron chi connectivity index (χ2n) is 1.36. The molecule has 0 aromatic carbocycles. The molecule has 1 unspecified atom stereocenters. The van der Waals surface area contributed by atoms with Crippen molar-refractivity contribution < 1.29 is 8.78 Å². The zero-order valence-electron chi connectivity index (χ0n) is 3.91. The van der Waals surface area contributed by atoms with E-state index in [0.717, 1.165) is 0 Å². The zero-order valence-corrected chi connectivity index (χ0v) is 3.91. The predicted molar refractivity (Wildman–Crippen MR) is 21.1 cm³/mol. The lowest BCUT2D eigenvalue weighted by Crippen LogP contribution is -2.06. The maximum Gasteiger partial charge on any atom is 0.128 e. The van der Waals surface area contributed by atoms with E-state index in [0.29, 0.717) is 0 Å². The Balaban J connectivity index is 2.99. The highest BCUT2D eigenvalue weighted by atomic mass is 19.2. The maximum absolute atomic E-state index is 11.4. The number of alkyl halides is 2. The molecule has 0 N–H and O–H groups in total. The number of rotatable bonds is 1. The highest BCUT2D eigenvalue weighted by Gasteiger charge is 2.05. The van der Waals surface area contributed by atoms with Gasteiger partial charge in [-0.05, 0) is 13.8 Å². The fourth-order valence-electron chi connectivity index (χ4n) is 0. The Hall–Kier alpha value is -0.140. The van der Waals surface area contributed by atoms with E-state index in [1.54, 1.807) is 0 Å². The minimum absolute atomic E-state index is 1.20. The van der Waals surface area contributed by atoms with E-state index in [1.165, 1.54) is 13.8 Å². The topological polar surface area (TPSA) is 0 Å². The molecular weight excluding hydrogens is 86.0 g/mol. The third-order valence-electron chi connectivity index (χ3n) is 0.633. The van der Waals surface area contributed by atoms with Gasteiger partial charge in [0.25, 0.3) is 0 Å². The molecule has 2 atom stereocenters. The van der Waals surface area contributed by atoms with Crippen molar-refractivity contribution in [3.05, 3.63) is 0 Å². The molecule has 0 saturated carbocycles. The van der Waals surface area contributed by atoms with Gasteiger partial charge in [0.1, 0.15) is 12.3 Å². The lowest BCUT2D eigenvalue weighted by atomic mass is 10.3. The van der Waals surface area contributed by atoms with E-state index < -0.39 is 12.3 Å². The summed E-state index contributed by atoms with van der Waals surface area (Å²) < 4.78 is 22.9. The lowest BCUT2D eigenvalue weighted by Gasteiger charge is -1.97. The first-order chi connectivity index (χ1) is 2.64. The number of hydrogen-bond donors (Lipinski definition) is 0. The van der Waals surface area contributed by atoms with Gasteiger partial charge in [0.05, 0.1) is 0 Å². The zero-order chi connectivity index (χ0) is 5.15. The first kappa shape index (κ1) is 5.86. The Morgan fingerprint density at radius 1 is 1.00 bits per heavy atom. The van der Waals surface area contributed by atoms with E-state index in [-0.39, 0.29) is 0 Å². The van der Waals surface area contributed by atoms with Crippen molar-refractivity contribution in [1.82, 2.24) is 0 Å². The third kappa shape index (κ3) is 2.12. The minimum Gasteiger partial charge on any atom is -0.245 e. The van der Waals surface area contributed by atoms with Crippen molar-refractivity contribution in [2.24, 2.45) is 0 Å². The Morgan fingerprint density at radius 2 is 1.17 bits per heavy atom. The van der Waals surface area contributed by atoms with E-state index in [2.05, 4.69) is 0 Å². The molecule has 2 heteroatoms. The monoisotopic (exact) mass is 94.1 g/mol. The van der Waals surface area contributed by atoms with Crippen LogP contribution in [0.15, 0.2) is 0 Å². The molecule has 0 saturated heterocycles. The molecule has 0 heterocycles. The Kier molecular flexibility index (Phi) is 2.06. The molecule has 38 valence electrons. The number of halogens is 2. The summed E-state index contributed by atoms with van der Waals surface area (Å²) in [6.07, 6.45) is -2.63. The molecular formula is C4H8F2. The van der Waals surface area contributed by atoms with Crippen molar-refractivity contribution in [1.29, 1.82) is 0 Å². The van der Waals surface area contributed by atoms with Crippen molar-refractivity contribution in [3.63, 3.8) is 0 Å². The van der Waals surface area contributed by atoms with Gasteiger partial charge in [-0.15, -0.1) is 0 Å². The van der Waals surface area contributed by atoms with E-state index >= 15 is 0 Å². The summed E-state index contributed by atoms with van der Waals surface area (Å²) in [5.41, 5.74) is 0. The molecule has 0 rings (SSSR count). The van der Waals surface area contributed by atoms with E-state index in [1.807, 2.05) is 0 Å². The molecule has 0 fully saturated rings. The summed E-state index contributed by atoms with van der Waals surface area (Å²) >= 11 is 0. The highest BCUT2D eigenvalue weighted by Crippen LogP contribution is 1.98. The standard InChI is InChI=1S/C4H8F2/c1-3(5)4(2)6/h3-4H,1-2H3/t3-,4?/m1/s1. The summed E-state index contributed by atoms with van der Waals surface area (Å²) in [6, 6.07) is 0. The van der Waals surface area contributed by atoms with Crippen LogP contribution in [0.1, 0.15) is 13.8 Å². The predicted octanol–water partition coefficient (Wildman–Crippen LogP) is 1.70. The molecule has 0 amide bonds. The van der Waals surface area contributed by atoms with Crippen LogP contribution < -0.4 is 0 Å². The second kappa shape index (κ2) is 2.11. The second-order valence-corrected chi connectivity index (χ2v) is 1.36. The summed E-state index contributed by atoms with van der Waals surface area (Å²) in [5, 5.41) is 0. The van der Waals surface area contributed by atoms with Gasteiger partial charge in [-0.1, -0.05) is 0 Å². The van der Waals surface area contributed by atoms with Crippen LogP contribution >= 0.6 is 0 Å². The van der Waals surface area contributed by atoms with Gasteiger partial charge in [0.2, 0.25) is 0 Å². The SMILES string of the molecule is CC(F)[C@@H](C)F. The van der Waals surface area contributed by atoms with Crippen LogP contribution in [0.3, 0.4) is 0 Å². The van der Waals surface area contributed by atoms with E-state index in [4.69, 9.17) is 0 Å². The minimum atomic E-state index is -1.31. The summed E-state index contributed by atoms with van der Waals surface area (Å²) in [7, 11) is 0. The van der Waals surface area contributed by atoms with Gasteiger partial charge in [-0.3, -0.25) is 0 Å². The van der Waals surface area contributed by atoms with Crippen LogP contribution in [0, 0.1) is 0 Å². The summed E-state index contributed by atoms with van der Waals surface area (Å²) in [5.74, 6) is 0. The molecule has 0 aromatic heterocycles. The Morgan fingerprint density at radius 3 is 1.17 bits per heavy atom. The molecule has 0 aromatic rings. The maximum atomic E-state index is 11.4. The largest absolute Gasteiger partial charge is 0.245 e. The first-order valence-electron chi connectivity index (χ1n) is 1.92. The van der Waals surface area contributed by atoms with Gasteiger partial charge in [0, 0.05) is 0 Å². The van der Waals surface area contributed by atoms with Crippen molar-refractivity contribution in [2.75, 3.05) is 0 Å². The van der Waals surface area contributed by atoms with Crippen molar-refractivity contribution >= 4 is 0 Å². The van der Waals surface area contributed by atoms with Crippen LogP contribution in [0.2, 0.25) is 0 Å². The van der Waals surface area contributed by atoms with Crippen LogP contribution in [-0.4, -0.2) is 12.3 Å². The van der Waals surface area contributed by atoms with Gasteiger partial charge in [-0.25, -0.2) is 8.78 Å². The molecule has 0 bridgehead atoms. The van der Waals surface area contributed by atoms with Crippen LogP contribution in [0.25, 0.3) is 0 Å². The average Bonchev–Trinajstić information content (AvgIpc) is 1.36. The van der Waals surface area contributed by atoms with Gasteiger partial charge >= 0.3 is 0 Å². The smallest absolute Gasteiger partial charge is 0.128 e. The normalized spacial score (nSPS) is 20.0. The molecule has 6 heavy (non-hydrogen) atoms. The Bertz CT molecular complexity index is 26.5. The average molecular weight is 94.1 g/mol. The van der Waals surface area contributed by atoms with E-state index in [9.17, 15) is 8.78 Å². The molecule has 0 spiro atoms. The van der Waals surface area contributed by atoms with Crippen molar-refractivity contribution in [3.8, 4) is 0 Å². The van der Waals surface area contributed by atoms with Crippen molar-refractivity contribution in [2.45, 2.75) is 26.2 Å². The molecule has 0 aliphatic carbocycles. The lowest BCUT2D eigenvalue weighted by molar-refractivity contribution is 0.199. The summed E-state index contributed by atoms with van der Waals surface area (Å²) in [6.45, 7) is 2.40. The highest BCUT2D eigenvalue weighted by molar-refractivity contribution is 4.52. The fraction of sp³-hybridized carbons (Fsp3) is 1.00.